The van der Waals surface area contributed by atoms with Crippen LogP contribution in [0, 0.1) is 6.92 Å². The summed E-state index contributed by atoms with van der Waals surface area (Å²) in [7, 11) is 0. The van der Waals surface area contributed by atoms with Gasteiger partial charge in [-0.15, -0.1) is 24.0 Å². The normalized spacial score (nSPS) is 19.5. The molecule has 0 radical (unpaired) electrons. The van der Waals surface area contributed by atoms with Gasteiger partial charge in [-0.05, 0) is 32.8 Å². The fourth-order valence-electron chi connectivity index (χ4n) is 2.83. The van der Waals surface area contributed by atoms with E-state index in [0.717, 1.165) is 38.7 Å². The molecule has 6 heteroatoms. The second kappa shape index (κ2) is 12.5. The molecule has 2 N–H and O–H groups in total. The van der Waals surface area contributed by atoms with Crippen molar-refractivity contribution in [3.63, 3.8) is 0 Å². The van der Waals surface area contributed by atoms with Crippen LogP contribution in [0.15, 0.2) is 29.3 Å². The van der Waals surface area contributed by atoms with Crippen LogP contribution in [0.25, 0.3) is 0 Å². The highest BCUT2D eigenvalue weighted by molar-refractivity contribution is 14.0. The fourth-order valence-corrected chi connectivity index (χ4v) is 2.83. The van der Waals surface area contributed by atoms with E-state index in [1.165, 1.54) is 11.1 Å². The smallest absolute Gasteiger partial charge is 0.191 e. The first-order chi connectivity index (χ1) is 12.1. The highest BCUT2D eigenvalue weighted by Gasteiger charge is 2.17. The Labute approximate surface area is 175 Å². The molecule has 3 atom stereocenters. The van der Waals surface area contributed by atoms with E-state index in [1.54, 1.807) is 0 Å². The van der Waals surface area contributed by atoms with Crippen LogP contribution in [-0.4, -0.2) is 51.0 Å². The predicted octanol–water partition coefficient (Wildman–Crippen LogP) is 3.47. The molecule has 0 aromatic heterocycles. The quantitative estimate of drug-likeness (QED) is 0.344. The zero-order valence-electron chi connectivity index (χ0n) is 16.5. The number of aliphatic imine (C=N–C) groups is 1. The molecule has 1 saturated heterocycles. The van der Waals surface area contributed by atoms with Crippen LogP contribution < -0.4 is 10.6 Å². The van der Waals surface area contributed by atoms with E-state index in [9.17, 15) is 0 Å². The van der Waals surface area contributed by atoms with Gasteiger partial charge in [-0.2, -0.15) is 0 Å². The van der Waals surface area contributed by atoms with Gasteiger partial charge in [0, 0.05) is 31.7 Å². The maximum absolute atomic E-state index is 5.88. The molecule has 0 saturated carbocycles. The number of hydrogen-bond donors (Lipinski definition) is 2. The van der Waals surface area contributed by atoms with Gasteiger partial charge in [0.25, 0.3) is 0 Å². The summed E-state index contributed by atoms with van der Waals surface area (Å²) in [5, 5.41) is 6.75. The summed E-state index contributed by atoms with van der Waals surface area (Å²) < 4.78 is 11.2. The molecule has 5 nitrogen and oxygen atoms in total. The van der Waals surface area contributed by atoms with Crippen molar-refractivity contribution in [2.45, 2.75) is 52.2 Å². The van der Waals surface area contributed by atoms with E-state index in [2.05, 4.69) is 62.6 Å². The molecule has 0 aliphatic carbocycles. The molecular weight excluding hydrogens is 441 g/mol. The van der Waals surface area contributed by atoms with E-state index < -0.39 is 0 Å². The lowest BCUT2D eigenvalue weighted by molar-refractivity contribution is 0.0347. The Balaban J connectivity index is 0.00000338. The topological polar surface area (TPSA) is 54.9 Å². The summed E-state index contributed by atoms with van der Waals surface area (Å²) in [5.74, 6) is 1.23. The van der Waals surface area contributed by atoms with Gasteiger partial charge in [0.2, 0.25) is 0 Å². The molecule has 1 aromatic rings. The molecule has 148 valence electrons. The van der Waals surface area contributed by atoms with Crippen molar-refractivity contribution >= 4 is 29.9 Å². The second-order valence-electron chi connectivity index (χ2n) is 6.90. The van der Waals surface area contributed by atoms with E-state index >= 15 is 0 Å². The zero-order chi connectivity index (χ0) is 18.1. The Kier molecular flexibility index (Phi) is 11.2. The summed E-state index contributed by atoms with van der Waals surface area (Å²) in [5.41, 5.74) is 2.62. The van der Waals surface area contributed by atoms with Crippen LogP contribution in [0.2, 0.25) is 0 Å². The highest BCUT2D eigenvalue weighted by atomic mass is 127. The molecule has 0 bridgehead atoms. The third kappa shape index (κ3) is 8.22. The van der Waals surface area contributed by atoms with Crippen molar-refractivity contribution in [1.29, 1.82) is 0 Å². The Bertz CT molecular complexity index is 548. The number of halogens is 1. The van der Waals surface area contributed by atoms with Crippen LogP contribution in [-0.2, 0) is 9.47 Å². The molecule has 1 fully saturated rings. The van der Waals surface area contributed by atoms with Crippen LogP contribution >= 0.6 is 24.0 Å². The minimum atomic E-state index is 0. The van der Waals surface area contributed by atoms with Gasteiger partial charge < -0.3 is 20.1 Å². The van der Waals surface area contributed by atoms with Crippen LogP contribution in [0.4, 0.5) is 0 Å². The third-order valence-electron chi connectivity index (χ3n) is 4.33. The Hall–Kier alpha value is -0.860. The molecule has 0 amide bonds. The molecule has 1 aliphatic rings. The lowest BCUT2D eigenvalue weighted by Gasteiger charge is -2.20. The molecule has 0 spiro atoms. The molecular formula is C20H34IN3O2. The first-order valence-corrected chi connectivity index (χ1v) is 9.39. The fraction of sp³-hybridized carbons (Fsp3) is 0.650. The van der Waals surface area contributed by atoms with Gasteiger partial charge in [0.15, 0.2) is 5.96 Å². The largest absolute Gasteiger partial charge is 0.379 e. The van der Waals surface area contributed by atoms with Crippen molar-refractivity contribution in [3.05, 3.63) is 35.4 Å². The standard InChI is InChI=1S/C20H33N3O2.HI/c1-5-21-20(23-17(4)13-25-19-9-10-24-14-19)22-12-16(3)18-8-6-7-15(2)11-18;/h6-8,11,16-17,19H,5,9-10,12-14H2,1-4H3,(H2,21,22,23);1H. The number of benzene rings is 1. The zero-order valence-corrected chi connectivity index (χ0v) is 18.8. The summed E-state index contributed by atoms with van der Waals surface area (Å²) in [6.07, 6.45) is 1.24. The van der Waals surface area contributed by atoms with Gasteiger partial charge in [0.05, 0.1) is 19.3 Å². The summed E-state index contributed by atoms with van der Waals surface area (Å²) in [4.78, 5) is 4.75. The SMILES string of the molecule is CCNC(=NCC(C)c1cccc(C)c1)NC(C)COC1CCOC1.I. The Morgan fingerprint density at radius 1 is 1.38 bits per heavy atom. The summed E-state index contributed by atoms with van der Waals surface area (Å²) in [6.45, 7) is 12.3. The van der Waals surface area contributed by atoms with E-state index in [0.29, 0.717) is 12.5 Å². The summed E-state index contributed by atoms with van der Waals surface area (Å²) in [6, 6.07) is 8.85. The highest BCUT2D eigenvalue weighted by Crippen LogP contribution is 2.16. The number of hydrogen-bond acceptors (Lipinski definition) is 3. The number of ether oxygens (including phenoxy) is 2. The van der Waals surface area contributed by atoms with Gasteiger partial charge in [-0.25, -0.2) is 0 Å². The van der Waals surface area contributed by atoms with Crippen LogP contribution in [0.3, 0.4) is 0 Å². The molecule has 2 rings (SSSR count). The van der Waals surface area contributed by atoms with E-state index in [4.69, 9.17) is 14.5 Å². The van der Waals surface area contributed by atoms with Gasteiger partial charge in [0.1, 0.15) is 0 Å². The minimum absolute atomic E-state index is 0. The van der Waals surface area contributed by atoms with Crippen molar-refractivity contribution in [1.82, 2.24) is 10.6 Å². The first kappa shape index (κ1) is 23.2. The van der Waals surface area contributed by atoms with Crippen molar-refractivity contribution in [2.24, 2.45) is 4.99 Å². The minimum Gasteiger partial charge on any atom is -0.379 e. The van der Waals surface area contributed by atoms with Crippen molar-refractivity contribution in [2.75, 3.05) is 32.9 Å². The number of rotatable bonds is 8. The first-order valence-electron chi connectivity index (χ1n) is 9.39. The van der Waals surface area contributed by atoms with Crippen LogP contribution in [0.1, 0.15) is 44.2 Å². The summed E-state index contributed by atoms with van der Waals surface area (Å²) >= 11 is 0. The predicted molar refractivity (Wildman–Crippen MR) is 119 cm³/mol. The van der Waals surface area contributed by atoms with Crippen molar-refractivity contribution < 1.29 is 9.47 Å². The van der Waals surface area contributed by atoms with Gasteiger partial charge >= 0.3 is 0 Å². The second-order valence-corrected chi connectivity index (χ2v) is 6.90. The van der Waals surface area contributed by atoms with Crippen LogP contribution in [0.5, 0.6) is 0 Å². The van der Waals surface area contributed by atoms with E-state index in [-0.39, 0.29) is 36.1 Å². The molecule has 26 heavy (non-hydrogen) atoms. The van der Waals surface area contributed by atoms with Gasteiger partial charge in [-0.3, -0.25) is 4.99 Å². The Morgan fingerprint density at radius 2 is 2.19 bits per heavy atom. The Morgan fingerprint density at radius 3 is 2.85 bits per heavy atom. The maximum Gasteiger partial charge on any atom is 0.191 e. The molecule has 1 aliphatic heterocycles. The lowest BCUT2D eigenvalue weighted by Crippen LogP contribution is -2.44. The maximum atomic E-state index is 5.88. The molecule has 1 aromatic carbocycles. The number of guanidine groups is 1. The van der Waals surface area contributed by atoms with Crippen molar-refractivity contribution in [3.8, 4) is 0 Å². The lowest BCUT2D eigenvalue weighted by atomic mass is 10.00. The third-order valence-corrected chi connectivity index (χ3v) is 4.33. The monoisotopic (exact) mass is 475 g/mol. The average Bonchev–Trinajstić information content (AvgIpc) is 3.11. The molecule has 1 heterocycles. The number of nitrogens with zero attached hydrogens (tertiary/aromatic N) is 1. The number of nitrogens with one attached hydrogen (secondary N) is 2. The van der Waals surface area contributed by atoms with E-state index in [1.807, 2.05) is 0 Å². The van der Waals surface area contributed by atoms with Gasteiger partial charge in [-0.1, -0.05) is 36.8 Å². The average molecular weight is 475 g/mol. The molecule has 3 unspecified atom stereocenters. The number of aryl methyl sites for hydroxylation is 1.